The summed E-state index contributed by atoms with van der Waals surface area (Å²) in [5, 5.41) is 0. The van der Waals surface area contributed by atoms with Gasteiger partial charge >= 0.3 is 51.8 Å². The molecule has 6 heterocycles. The van der Waals surface area contributed by atoms with Crippen molar-refractivity contribution in [1.29, 1.82) is 0 Å². The Labute approximate surface area is 858 Å². The van der Waals surface area contributed by atoms with E-state index in [4.69, 9.17) is 109 Å². The maximum Gasteiger partial charge on any atom is 0.354 e. The Morgan fingerprint density at radius 1 is 0.438 bits per heavy atom. The minimum Gasteiger partial charge on any atom is -0.459 e. The third-order valence-corrected chi connectivity index (χ3v) is 32.4. The minimum atomic E-state index is -4.10. The Kier molecular flexibility index (Phi) is 51.7. The first kappa shape index (κ1) is 125. The number of esters is 2. The van der Waals surface area contributed by atoms with Gasteiger partial charge in [-0.3, -0.25) is 51.4 Å². The molecule has 3 aromatic carbocycles. The smallest absolute Gasteiger partial charge is 0.354 e. The number of hydrogen-bond acceptors (Lipinski definition) is 34. The van der Waals surface area contributed by atoms with Gasteiger partial charge < -0.3 is 107 Å². The van der Waals surface area contributed by atoms with Crippen LogP contribution in [-0.2, 0) is 166 Å². The largest absolute Gasteiger partial charge is 0.459 e. The molecule has 818 valence electrons. The van der Waals surface area contributed by atoms with Crippen molar-refractivity contribution < 1.29 is 126 Å². The van der Waals surface area contributed by atoms with E-state index in [2.05, 4.69) is 4.85 Å². The molecule has 0 aliphatic carbocycles. The fourth-order valence-electron chi connectivity index (χ4n) is 16.5. The molecule has 3 fully saturated rings. The highest BCUT2D eigenvalue weighted by atomic mass is 31.2. The summed E-state index contributed by atoms with van der Waals surface area (Å²) >= 11 is 0. The van der Waals surface area contributed by atoms with E-state index in [9.17, 15) is 52.1 Å². The second kappa shape index (κ2) is 60.4. The van der Waals surface area contributed by atoms with Crippen molar-refractivity contribution >= 4 is 43.3 Å². The van der Waals surface area contributed by atoms with Crippen LogP contribution in [0.1, 0.15) is 204 Å². The lowest BCUT2D eigenvalue weighted by molar-refractivity contribution is -0.160. The van der Waals surface area contributed by atoms with Gasteiger partial charge in [-0.25, -0.2) is 39.3 Å². The molecule has 0 saturated carbocycles. The Hall–Kier alpha value is -7.85. The second-order valence-corrected chi connectivity index (χ2v) is 45.7. The molecule has 3 aromatic heterocycles. The summed E-state index contributed by atoms with van der Waals surface area (Å²) in [6.07, 6.45) is -8.93. The van der Waals surface area contributed by atoms with Gasteiger partial charge in [-0.1, -0.05) is 105 Å². The molecule has 0 spiro atoms. The van der Waals surface area contributed by atoms with Crippen molar-refractivity contribution in [3.8, 4) is 0 Å². The molecule has 6 aromatic rings. The number of ether oxygens (including phenoxy) is 14. The van der Waals surface area contributed by atoms with Crippen LogP contribution < -0.4 is 33.7 Å². The van der Waals surface area contributed by atoms with Gasteiger partial charge in [-0.05, 0) is 168 Å². The van der Waals surface area contributed by atoms with Crippen molar-refractivity contribution in [3.05, 3.63) is 229 Å². The van der Waals surface area contributed by atoms with Gasteiger partial charge in [0.25, 0.3) is 25.2 Å². The summed E-state index contributed by atoms with van der Waals surface area (Å²) in [5.74, 6) is -0.687. The summed E-state index contributed by atoms with van der Waals surface area (Å²) < 4.78 is 183. The van der Waals surface area contributed by atoms with Crippen molar-refractivity contribution in [2.75, 3.05) is 74.1 Å². The van der Waals surface area contributed by atoms with E-state index in [0.717, 1.165) is 30.4 Å². The van der Waals surface area contributed by atoms with Crippen LogP contribution in [0.15, 0.2) is 150 Å². The molecule has 3 aliphatic rings. The normalized spacial score (nSPS) is 21.0. The van der Waals surface area contributed by atoms with Gasteiger partial charge in [0.1, 0.15) is 75.6 Å². The lowest BCUT2D eigenvalue weighted by Gasteiger charge is -2.40. The van der Waals surface area contributed by atoms with Crippen LogP contribution in [0.2, 0.25) is 0 Å². The van der Waals surface area contributed by atoms with Crippen LogP contribution in [0, 0.1) is 39.2 Å². The first-order valence-corrected chi connectivity index (χ1v) is 55.2. The lowest BCUT2D eigenvalue weighted by atomic mass is 9.94. The number of benzene rings is 3. The van der Waals surface area contributed by atoms with E-state index in [-0.39, 0.29) is 128 Å². The van der Waals surface area contributed by atoms with Crippen LogP contribution >= 0.6 is 31.3 Å². The first-order valence-electron chi connectivity index (χ1n) is 49.3. The van der Waals surface area contributed by atoms with E-state index < -0.39 is 192 Å². The highest BCUT2D eigenvalue weighted by Crippen LogP contribution is 2.61. The highest BCUT2D eigenvalue weighted by Gasteiger charge is 2.59. The first-order chi connectivity index (χ1) is 69.0. The average Bonchev–Trinajstić information content (AvgIpc) is 1.66. The summed E-state index contributed by atoms with van der Waals surface area (Å²) in [4.78, 5) is 110. The number of nitrogens with zero attached hydrogens (tertiary/aromatic N) is 8. The van der Waals surface area contributed by atoms with E-state index in [1.807, 2.05) is 137 Å². The quantitative estimate of drug-likeness (QED) is 0.0148. The fraction of sp³-hybridized carbons (Fsp3) is 0.653. The number of aryl methyl sites for hydroxylation is 3. The molecule has 3 saturated heterocycles. The Balaban J connectivity index is 0.000000302. The zero-order valence-corrected chi connectivity index (χ0v) is 93.2. The molecular weight excluding hydrogens is 1980 g/mol. The molecule has 0 radical (unpaired) electrons. The van der Waals surface area contributed by atoms with Crippen LogP contribution in [-0.4, -0.2) is 233 Å². The molecular formula is C101H156N8O33P4. The van der Waals surface area contributed by atoms with Crippen molar-refractivity contribution in [1.82, 2.24) is 32.1 Å². The summed E-state index contributed by atoms with van der Waals surface area (Å²) in [6.45, 7) is 51.4. The summed E-state index contributed by atoms with van der Waals surface area (Å²) in [7, 11) is -8.92. The van der Waals surface area contributed by atoms with Crippen LogP contribution in [0.25, 0.3) is 4.85 Å². The number of aromatic nitrogens is 6. The van der Waals surface area contributed by atoms with E-state index in [1.165, 1.54) is 66.2 Å². The molecule has 17 atom stereocenters. The SMILES string of the molecule is COCCO[C@@H]1[C@H](C)[C@@H](/C=C/P(=O)(OC(C)C)OC(C)C)O[C@H]1n1cc(C)c(=O)n(COCc2ccccc2)c1=O.COCCO[C@@H]1[C@H](C)[C@@H]([C@@H](OC(C)=O)[C@H](C)P(=O)(OC(C)C)OC(C)C)O[C@H]1n1cc(C)c(=O)n(COCc2ccccc2)c1=O.[C-]#[N+]CCOP(O[C@@H]1[C@@H]([C@@H](OC(C)=O)[C@H](C)P(=O)(OC(C)C)OC(C)C)O[C@@H](n2cc(C)c(=O)n(COCc3ccccc3)c2=O)[C@@H]1OCCOC)N(C(C)C)C(C)C. The molecule has 0 amide bonds. The Morgan fingerprint density at radius 3 is 1.09 bits per heavy atom. The summed E-state index contributed by atoms with van der Waals surface area (Å²) in [6, 6.07) is 28.0. The Bertz CT molecular complexity index is 5590. The molecule has 1 unspecified atom stereocenters. The zero-order chi connectivity index (χ0) is 108. The monoisotopic (exact) mass is 2130 g/mol. The predicted molar refractivity (Wildman–Crippen MR) is 548 cm³/mol. The van der Waals surface area contributed by atoms with Gasteiger partial charge in [0, 0.05) is 100 Å². The zero-order valence-electron chi connectivity index (χ0n) is 89.6. The number of methoxy groups -OCH3 is 3. The standard InChI is InChI=1S/C40H64N4O13P2.C32H49N2O11P.C29H43N2O9P/c1-26(2)44(27(3)4)58(52-20-19-41-12)55-36-35(34(53-32(11)45)31(10)59(48,56-28(5)6)57-29(7)8)54-39(37(36)51-22-21-49-13)42-23-30(9)38(46)43(40(42)47)25-50-24-33-17-15-14-16-18-33;1-20(2)44-46(38,45-21(3)4)24(7)29(42-25(8)35)27-23(6)28(41-16-15-39-9)31(43-27)33-17-22(5)30(36)34(32(33)37)19-40-18-26-13-11-10-12-14-26;1-20(2)39-41(34,40-21(3)4)16-13-25-23(6)26(37-15-14-35-7)28(38-25)30-17-22(5)27(32)31(29(30)33)19-36-18-24-11-9-8-10-12-24/h14-18,23,26-29,31,34-37,39H,19-22,24-25H2,1-11,13H3;10-14,17,20-21,23-24,27-29,31H,15-16,18-19H2,1-9H3;8-13,16-17,20-21,23,25-26,28H,14-15,18-19H2,1-7H3/b;;16-13+/t31-,34-,35+,36+,37+,39+,58?;23-,24+,27+,28-,29+,31-;23-,25-,26-,28-/m011/s1. The fourth-order valence-corrected chi connectivity index (χ4v) is 24.4. The molecule has 41 nitrogen and oxygen atoms in total. The van der Waals surface area contributed by atoms with Crippen LogP contribution in [0.5, 0.6) is 0 Å². The van der Waals surface area contributed by atoms with Gasteiger partial charge in [0.15, 0.2) is 18.7 Å². The van der Waals surface area contributed by atoms with E-state index >= 15 is 0 Å². The third-order valence-electron chi connectivity index (χ3n) is 22.8. The Morgan fingerprint density at radius 2 is 0.760 bits per heavy atom. The highest BCUT2D eigenvalue weighted by molar-refractivity contribution is 7.57. The van der Waals surface area contributed by atoms with Gasteiger partial charge in [0.05, 0.1) is 114 Å². The van der Waals surface area contributed by atoms with Crippen molar-refractivity contribution in [2.24, 2.45) is 11.8 Å². The second-order valence-electron chi connectivity index (χ2n) is 37.9. The molecule has 0 N–H and O–H groups in total. The number of rotatable bonds is 57. The maximum atomic E-state index is 14.8. The van der Waals surface area contributed by atoms with Gasteiger partial charge in [-0.2, -0.15) is 0 Å². The average molecular weight is 2130 g/mol. The lowest BCUT2D eigenvalue weighted by Crippen LogP contribution is -2.49. The van der Waals surface area contributed by atoms with E-state index in [0.29, 0.717) is 12.2 Å². The molecule has 146 heavy (non-hydrogen) atoms. The topological polar surface area (TPSA) is 428 Å². The predicted octanol–water partition coefficient (Wildman–Crippen LogP) is 15.5. The molecule has 3 aliphatic heterocycles. The van der Waals surface area contributed by atoms with Crippen LogP contribution in [0.4, 0.5) is 0 Å². The number of hydrogen-bond donors (Lipinski definition) is 0. The molecule has 9 rings (SSSR count). The van der Waals surface area contributed by atoms with Gasteiger partial charge in [-0.15, -0.1) is 0 Å². The minimum absolute atomic E-state index is 0.00888. The van der Waals surface area contributed by atoms with Crippen molar-refractivity contribution in [3.63, 3.8) is 0 Å². The molecule has 45 heteroatoms. The third kappa shape index (κ3) is 36.2. The summed E-state index contributed by atoms with van der Waals surface area (Å²) in [5.41, 5.74) is -2.17. The molecule has 0 bridgehead atoms. The maximum absolute atomic E-state index is 14.8. The van der Waals surface area contributed by atoms with Crippen molar-refractivity contribution in [2.45, 2.75) is 347 Å². The van der Waals surface area contributed by atoms with Gasteiger partial charge in [0.2, 0.25) is 6.54 Å². The van der Waals surface area contributed by atoms with E-state index in [1.54, 1.807) is 131 Å². The number of carbonyl (C=O) groups is 2. The van der Waals surface area contributed by atoms with Crippen LogP contribution in [0.3, 0.4) is 0 Å². The number of carbonyl (C=O) groups excluding carboxylic acids is 2.